The van der Waals surface area contributed by atoms with Crippen molar-refractivity contribution < 1.29 is 35.8 Å². The molecule has 0 spiro atoms. The van der Waals surface area contributed by atoms with Gasteiger partial charge in [-0.3, -0.25) is 10.5 Å². The van der Waals surface area contributed by atoms with Crippen LogP contribution in [0.5, 0.6) is 11.5 Å². The molecule has 0 saturated heterocycles. The molecule has 6 nitrogen and oxygen atoms in total. The lowest BCUT2D eigenvalue weighted by atomic mass is 10.1. The summed E-state index contributed by atoms with van der Waals surface area (Å²) in [6, 6.07) is 15.1. The van der Waals surface area contributed by atoms with Gasteiger partial charge in [0.1, 0.15) is 18.4 Å². The van der Waals surface area contributed by atoms with Crippen LogP contribution in [0.15, 0.2) is 54.7 Å². The van der Waals surface area contributed by atoms with Gasteiger partial charge in [0.2, 0.25) is 6.79 Å². The highest BCUT2D eigenvalue weighted by molar-refractivity contribution is 5.95. The van der Waals surface area contributed by atoms with Gasteiger partial charge < -0.3 is 26.5 Å². The first-order valence-corrected chi connectivity index (χ1v) is 7.96. The van der Waals surface area contributed by atoms with Crippen LogP contribution in [0.4, 0.5) is 5.95 Å². The minimum atomic E-state index is -0.0415. The summed E-state index contributed by atoms with van der Waals surface area (Å²) >= 11 is 0. The number of anilines is 1. The number of carbonyl (C=O) groups is 1. The predicted molar refractivity (Wildman–Crippen MR) is 92.4 cm³/mol. The fourth-order valence-corrected chi connectivity index (χ4v) is 2.94. The molecule has 2 aromatic carbocycles. The van der Waals surface area contributed by atoms with Gasteiger partial charge in [0.15, 0.2) is 17.3 Å². The number of rotatable bonds is 4. The first kappa shape index (κ1) is 18.0. The van der Waals surface area contributed by atoms with Crippen LogP contribution in [-0.4, -0.2) is 17.1 Å². The minimum absolute atomic E-state index is 0. The number of carbonyl (C=O) groups excluding carboxylic acids is 1. The molecule has 0 saturated carbocycles. The summed E-state index contributed by atoms with van der Waals surface area (Å²) < 4.78 is 14.2. The van der Waals surface area contributed by atoms with Crippen molar-refractivity contribution in [1.29, 1.82) is 0 Å². The molecule has 26 heavy (non-hydrogen) atoms. The average Bonchev–Trinajstić information content (AvgIpc) is 3.22. The van der Waals surface area contributed by atoms with Crippen molar-refractivity contribution in [3.05, 3.63) is 60.3 Å². The zero-order chi connectivity index (χ0) is 17.4. The third kappa shape index (κ3) is 3.17. The number of nitrogens with zero attached hydrogens (tertiary/aromatic N) is 2. The van der Waals surface area contributed by atoms with E-state index < -0.39 is 0 Å². The maximum Gasteiger partial charge on any atom is 0.355 e. The van der Waals surface area contributed by atoms with E-state index in [1.807, 2.05) is 48.1 Å². The molecule has 0 aliphatic carbocycles. The zero-order valence-corrected chi connectivity index (χ0v) is 15.8. The molecule has 0 amide bonds. The van der Waals surface area contributed by atoms with Crippen molar-refractivity contribution in [3.63, 3.8) is 0 Å². The molecule has 4 rings (SSSR count). The van der Waals surface area contributed by atoms with Crippen LogP contribution in [0.3, 0.4) is 0 Å². The largest absolute Gasteiger partial charge is 1.00 e. The van der Waals surface area contributed by atoms with Crippen molar-refractivity contribution in [3.8, 4) is 22.8 Å². The van der Waals surface area contributed by atoms with Crippen molar-refractivity contribution in [2.75, 3.05) is 12.5 Å². The number of ether oxygens (including phenoxy) is 2. The molecule has 2 heterocycles. The Bertz CT molecular complexity index is 954. The molecule has 0 fully saturated rings. The molecule has 1 aromatic heterocycles. The quantitative estimate of drug-likeness (QED) is 0.446. The van der Waals surface area contributed by atoms with Gasteiger partial charge in [-0.05, 0) is 18.2 Å². The number of halogens is 1. The molecule has 0 bridgehead atoms. The van der Waals surface area contributed by atoms with Crippen LogP contribution >= 0.6 is 0 Å². The Balaban J connectivity index is 0.00000196. The molecular formula is C19H18BrN3O3. The molecule has 1 aliphatic rings. The Morgan fingerprint density at radius 3 is 2.65 bits per heavy atom. The zero-order valence-electron chi connectivity index (χ0n) is 14.2. The second-order valence-electron chi connectivity index (χ2n) is 5.92. The van der Waals surface area contributed by atoms with Crippen molar-refractivity contribution in [2.45, 2.75) is 6.54 Å². The Kier molecular flexibility index (Phi) is 4.99. The van der Waals surface area contributed by atoms with Gasteiger partial charge in [0, 0.05) is 11.1 Å². The number of nitrogen functional groups attached to an aromatic ring is 1. The Labute approximate surface area is 161 Å². The third-order valence-electron chi connectivity index (χ3n) is 4.36. The number of benzene rings is 2. The number of hydrogen-bond acceptors (Lipinski definition) is 4. The topological polar surface area (TPSA) is 70.4 Å². The summed E-state index contributed by atoms with van der Waals surface area (Å²) in [7, 11) is 1.89. The van der Waals surface area contributed by atoms with E-state index in [0.29, 0.717) is 23.0 Å². The lowest BCUT2D eigenvalue weighted by Gasteiger charge is -2.02. The van der Waals surface area contributed by atoms with Crippen LogP contribution in [0.25, 0.3) is 11.3 Å². The van der Waals surface area contributed by atoms with Gasteiger partial charge in [-0.2, -0.15) is 0 Å². The lowest BCUT2D eigenvalue weighted by molar-refractivity contribution is -0.667. The second kappa shape index (κ2) is 7.21. The van der Waals surface area contributed by atoms with E-state index in [9.17, 15) is 4.79 Å². The van der Waals surface area contributed by atoms with Gasteiger partial charge in [-0.15, -0.1) is 0 Å². The van der Waals surface area contributed by atoms with E-state index >= 15 is 0 Å². The summed E-state index contributed by atoms with van der Waals surface area (Å²) in [6.07, 6.45) is 1.90. The smallest absolute Gasteiger partial charge is 0.355 e. The van der Waals surface area contributed by atoms with Gasteiger partial charge in [0.05, 0.1) is 7.05 Å². The lowest BCUT2D eigenvalue weighted by Crippen LogP contribution is -3.00. The normalized spacial score (nSPS) is 11.9. The van der Waals surface area contributed by atoms with Crippen molar-refractivity contribution >= 4 is 11.7 Å². The summed E-state index contributed by atoms with van der Waals surface area (Å²) in [6.45, 7) is 0.347. The van der Waals surface area contributed by atoms with Gasteiger partial charge >= 0.3 is 5.95 Å². The number of nitrogens with two attached hydrogens (primary N) is 1. The second-order valence-corrected chi connectivity index (χ2v) is 5.92. The number of aromatic nitrogens is 2. The van der Waals surface area contributed by atoms with Gasteiger partial charge in [-0.25, -0.2) is 9.13 Å². The molecule has 1 aliphatic heterocycles. The minimum Gasteiger partial charge on any atom is -1.00 e. The van der Waals surface area contributed by atoms with E-state index in [4.69, 9.17) is 15.2 Å². The van der Waals surface area contributed by atoms with Crippen LogP contribution in [0.1, 0.15) is 10.4 Å². The van der Waals surface area contributed by atoms with Crippen LogP contribution in [-0.2, 0) is 13.6 Å². The van der Waals surface area contributed by atoms with Gasteiger partial charge in [0.25, 0.3) is 0 Å². The summed E-state index contributed by atoms with van der Waals surface area (Å²) in [4.78, 5) is 12.6. The van der Waals surface area contributed by atoms with E-state index in [0.717, 1.165) is 11.3 Å². The molecule has 0 atom stereocenters. The number of fused-ring (bicyclic) bond motifs is 1. The molecule has 134 valence electrons. The monoisotopic (exact) mass is 415 g/mol. The Hall–Kier alpha value is -2.80. The number of ketones is 1. The molecule has 7 heteroatoms. The predicted octanol–water partition coefficient (Wildman–Crippen LogP) is -0.823. The standard InChI is InChI=1S/C19H17N3O3.BrH/c1-21-15(13-5-3-2-4-6-13)10-22(19(21)20)11-16(23)14-7-8-17-18(9-14)25-12-24-17;/h2-10,20H,11-12H2,1H3;1H. The highest BCUT2D eigenvalue weighted by Crippen LogP contribution is 2.32. The maximum absolute atomic E-state index is 12.6. The maximum atomic E-state index is 12.6. The first-order valence-electron chi connectivity index (χ1n) is 7.96. The molecule has 0 radical (unpaired) electrons. The van der Waals surface area contributed by atoms with E-state index in [1.54, 1.807) is 22.8 Å². The highest BCUT2D eigenvalue weighted by atomic mass is 79.9. The molecule has 3 aromatic rings. The van der Waals surface area contributed by atoms with Crippen LogP contribution in [0.2, 0.25) is 0 Å². The first-order chi connectivity index (χ1) is 12.1. The van der Waals surface area contributed by atoms with Crippen LogP contribution < -0.4 is 36.8 Å². The van der Waals surface area contributed by atoms with E-state index in [-0.39, 0.29) is 36.1 Å². The fourth-order valence-electron chi connectivity index (χ4n) is 2.94. The summed E-state index contributed by atoms with van der Waals surface area (Å²) in [5, 5.41) is 0. The number of Topliss-reactive ketones (excluding diaryl/α,β-unsaturated/α-hetero) is 1. The van der Waals surface area contributed by atoms with Crippen molar-refractivity contribution in [2.24, 2.45) is 7.05 Å². The summed E-state index contributed by atoms with van der Waals surface area (Å²) in [5.74, 6) is 1.74. The van der Waals surface area contributed by atoms with E-state index in [1.165, 1.54) is 0 Å². The Morgan fingerprint density at radius 2 is 1.88 bits per heavy atom. The van der Waals surface area contributed by atoms with Crippen molar-refractivity contribution in [1.82, 2.24) is 4.57 Å². The third-order valence-corrected chi connectivity index (χ3v) is 4.36. The van der Waals surface area contributed by atoms with Crippen LogP contribution in [0, 0.1) is 0 Å². The molecular weight excluding hydrogens is 398 g/mol. The van der Waals surface area contributed by atoms with E-state index in [2.05, 4.69) is 0 Å². The Morgan fingerprint density at radius 1 is 1.15 bits per heavy atom. The highest BCUT2D eigenvalue weighted by Gasteiger charge is 2.22. The SMILES string of the molecule is Cn1c(-c2ccccc2)c[n+](CC(=O)c2ccc3c(c2)OCO3)c1N.[Br-]. The fraction of sp³-hybridized carbons (Fsp3) is 0.158. The molecule has 2 N–H and O–H groups in total. The average molecular weight is 416 g/mol. The van der Waals surface area contributed by atoms with Gasteiger partial charge in [-0.1, -0.05) is 30.3 Å². The number of hydrogen-bond donors (Lipinski definition) is 1. The summed E-state index contributed by atoms with van der Waals surface area (Å²) in [5.41, 5.74) is 8.76. The molecule has 0 unspecified atom stereocenters. The number of imidazole rings is 1.